The van der Waals surface area contributed by atoms with Crippen LogP contribution in [-0.2, 0) is 9.84 Å². The van der Waals surface area contributed by atoms with Crippen molar-refractivity contribution in [3.63, 3.8) is 0 Å². The first-order valence-corrected chi connectivity index (χ1v) is 7.78. The summed E-state index contributed by atoms with van der Waals surface area (Å²) >= 11 is 0. The molecule has 2 atom stereocenters. The maximum Gasteiger partial charge on any atom is 0.178 e. The smallest absolute Gasteiger partial charge is 0.178 e. The molecule has 0 aliphatic carbocycles. The summed E-state index contributed by atoms with van der Waals surface area (Å²) in [6.07, 6.45) is 2.63. The molecule has 17 heavy (non-hydrogen) atoms. The summed E-state index contributed by atoms with van der Waals surface area (Å²) in [7, 11) is -3.08. The Hall–Kier alpha value is -0.870. The van der Waals surface area contributed by atoms with Gasteiger partial charge >= 0.3 is 0 Å². The molecule has 0 saturated heterocycles. The number of benzene rings is 1. The maximum atomic E-state index is 12.0. The molecule has 2 N–H and O–H groups in total. The molecule has 0 radical (unpaired) electrons. The Balaban J connectivity index is 2.42. The largest absolute Gasteiger partial charge is 0.327 e. The van der Waals surface area contributed by atoms with Crippen molar-refractivity contribution in [2.45, 2.75) is 43.0 Å². The minimum atomic E-state index is -3.08. The van der Waals surface area contributed by atoms with Gasteiger partial charge in [0, 0.05) is 12.0 Å². The minimum absolute atomic E-state index is 0.0663. The molecule has 4 heteroatoms. The number of sulfone groups is 1. The van der Waals surface area contributed by atoms with Crippen LogP contribution in [0.15, 0.2) is 29.2 Å². The second-order valence-corrected chi connectivity index (χ2v) is 6.78. The van der Waals surface area contributed by atoms with Crippen molar-refractivity contribution in [1.82, 2.24) is 0 Å². The Morgan fingerprint density at radius 1 is 1.41 bits per heavy atom. The summed E-state index contributed by atoms with van der Waals surface area (Å²) in [6, 6.07) is 7.36. The minimum Gasteiger partial charge on any atom is -0.327 e. The summed E-state index contributed by atoms with van der Waals surface area (Å²) < 4.78 is 23.9. The third kappa shape index (κ3) is 2.38. The fraction of sp³-hybridized carbons (Fsp3) is 0.538. The van der Waals surface area contributed by atoms with Gasteiger partial charge in [-0.05, 0) is 24.5 Å². The van der Waals surface area contributed by atoms with E-state index in [1.165, 1.54) is 0 Å². The first kappa shape index (κ1) is 12.6. The van der Waals surface area contributed by atoms with Crippen molar-refractivity contribution in [2.24, 2.45) is 5.73 Å². The Bertz CT molecular complexity index is 496. The molecule has 2 unspecified atom stereocenters. The number of fused-ring (bicyclic) bond motifs is 1. The Labute approximate surface area is 103 Å². The lowest BCUT2D eigenvalue weighted by atomic mass is 9.87. The van der Waals surface area contributed by atoms with Gasteiger partial charge in [0.15, 0.2) is 9.84 Å². The lowest BCUT2D eigenvalue weighted by Gasteiger charge is -2.29. The molecule has 0 spiro atoms. The molecule has 94 valence electrons. The van der Waals surface area contributed by atoms with Crippen LogP contribution in [0.25, 0.3) is 0 Å². The first-order valence-electron chi connectivity index (χ1n) is 6.13. The van der Waals surface area contributed by atoms with E-state index in [2.05, 4.69) is 6.92 Å². The zero-order chi connectivity index (χ0) is 12.5. The summed E-state index contributed by atoms with van der Waals surface area (Å²) in [5.41, 5.74) is 7.08. The van der Waals surface area contributed by atoms with Gasteiger partial charge in [0.05, 0.1) is 10.6 Å². The predicted octanol–water partition coefficient (Wildman–Crippen LogP) is 2.08. The average molecular weight is 253 g/mol. The molecule has 1 heterocycles. The zero-order valence-corrected chi connectivity index (χ0v) is 10.9. The number of nitrogens with two attached hydrogens (primary N) is 1. The van der Waals surface area contributed by atoms with Gasteiger partial charge in [-0.3, -0.25) is 0 Å². The van der Waals surface area contributed by atoms with Gasteiger partial charge < -0.3 is 5.73 Å². The molecule has 2 rings (SSSR count). The Morgan fingerprint density at radius 2 is 2.12 bits per heavy atom. The van der Waals surface area contributed by atoms with Crippen molar-refractivity contribution < 1.29 is 8.42 Å². The van der Waals surface area contributed by atoms with E-state index < -0.39 is 9.84 Å². The molecule has 1 aliphatic heterocycles. The van der Waals surface area contributed by atoms with E-state index in [0.717, 1.165) is 18.4 Å². The first-order chi connectivity index (χ1) is 8.06. The van der Waals surface area contributed by atoms with Gasteiger partial charge in [0.25, 0.3) is 0 Å². The third-order valence-electron chi connectivity index (χ3n) is 3.49. The predicted molar refractivity (Wildman–Crippen MR) is 68.7 cm³/mol. The molecular formula is C13H19NO2S. The van der Waals surface area contributed by atoms with Crippen LogP contribution in [0, 0.1) is 0 Å². The van der Waals surface area contributed by atoms with E-state index in [4.69, 9.17) is 5.73 Å². The number of rotatable bonds is 3. The molecule has 0 saturated carbocycles. The summed E-state index contributed by atoms with van der Waals surface area (Å²) in [6.45, 7) is 2.10. The van der Waals surface area contributed by atoms with Gasteiger partial charge in [0.2, 0.25) is 0 Å². The molecule has 0 aromatic heterocycles. The fourth-order valence-electron chi connectivity index (χ4n) is 2.60. The van der Waals surface area contributed by atoms with Crippen LogP contribution in [0.4, 0.5) is 0 Å². The van der Waals surface area contributed by atoms with Crippen molar-refractivity contribution in [3.8, 4) is 0 Å². The van der Waals surface area contributed by atoms with Crippen LogP contribution >= 0.6 is 0 Å². The zero-order valence-electron chi connectivity index (χ0n) is 10.1. The van der Waals surface area contributed by atoms with Gasteiger partial charge in [-0.1, -0.05) is 31.5 Å². The summed E-state index contributed by atoms with van der Waals surface area (Å²) in [4.78, 5) is 0.489. The van der Waals surface area contributed by atoms with Crippen LogP contribution in [0.5, 0.6) is 0 Å². The summed E-state index contributed by atoms with van der Waals surface area (Å²) in [5.74, 6) is 0.418. The van der Waals surface area contributed by atoms with Crippen LogP contribution < -0.4 is 5.73 Å². The lowest BCUT2D eigenvalue weighted by Crippen LogP contribution is -2.33. The van der Waals surface area contributed by atoms with Crippen LogP contribution in [0.1, 0.15) is 37.7 Å². The Kier molecular flexibility index (Phi) is 3.54. The quantitative estimate of drug-likeness (QED) is 0.897. The standard InChI is InChI=1S/C13H19NO2S/c1-2-5-12(14)10-8-9-17(15,16)13-7-4-3-6-11(10)13/h3-4,6-7,10,12H,2,5,8-9,14H2,1H3. The van der Waals surface area contributed by atoms with Crippen molar-refractivity contribution in [3.05, 3.63) is 29.8 Å². The lowest BCUT2D eigenvalue weighted by molar-refractivity contribution is 0.466. The van der Waals surface area contributed by atoms with E-state index in [0.29, 0.717) is 11.3 Å². The monoisotopic (exact) mass is 253 g/mol. The van der Waals surface area contributed by atoms with Gasteiger partial charge in [-0.25, -0.2) is 8.42 Å². The highest BCUT2D eigenvalue weighted by molar-refractivity contribution is 7.91. The highest BCUT2D eigenvalue weighted by atomic mass is 32.2. The topological polar surface area (TPSA) is 60.2 Å². The fourth-order valence-corrected chi connectivity index (χ4v) is 4.25. The van der Waals surface area contributed by atoms with Crippen LogP contribution in [0.3, 0.4) is 0 Å². The van der Waals surface area contributed by atoms with Crippen molar-refractivity contribution in [1.29, 1.82) is 0 Å². The van der Waals surface area contributed by atoms with Crippen molar-refractivity contribution in [2.75, 3.05) is 5.75 Å². The maximum absolute atomic E-state index is 12.0. The number of hydrogen-bond acceptors (Lipinski definition) is 3. The summed E-state index contributed by atoms with van der Waals surface area (Å²) in [5, 5.41) is 0. The highest BCUT2D eigenvalue weighted by Gasteiger charge is 2.32. The van der Waals surface area contributed by atoms with E-state index in [1.54, 1.807) is 12.1 Å². The average Bonchev–Trinajstić information content (AvgIpc) is 2.29. The van der Waals surface area contributed by atoms with Gasteiger partial charge in [0.1, 0.15) is 0 Å². The molecule has 1 aromatic rings. The molecule has 0 fully saturated rings. The van der Waals surface area contributed by atoms with E-state index >= 15 is 0 Å². The van der Waals surface area contributed by atoms with E-state index in [9.17, 15) is 8.42 Å². The molecule has 0 bridgehead atoms. The highest BCUT2D eigenvalue weighted by Crippen LogP contribution is 2.35. The van der Waals surface area contributed by atoms with Crippen LogP contribution in [0.2, 0.25) is 0 Å². The number of hydrogen-bond donors (Lipinski definition) is 1. The molecule has 0 amide bonds. The Morgan fingerprint density at radius 3 is 2.82 bits per heavy atom. The van der Waals surface area contributed by atoms with Crippen LogP contribution in [-0.4, -0.2) is 20.2 Å². The normalized spacial score (nSPS) is 24.0. The van der Waals surface area contributed by atoms with Gasteiger partial charge in [-0.15, -0.1) is 0 Å². The van der Waals surface area contributed by atoms with Crippen molar-refractivity contribution >= 4 is 9.84 Å². The van der Waals surface area contributed by atoms with E-state index in [1.807, 2.05) is 12.1 Å². The molecule has 1 aliphatic rings. The molecule has 1 aromatic carbocycles. The SMILES string of the molecule is CCCC(N)C1CCS(=O)(=O)c2ccccc21. The van der Waals surface area contributed by atoms with E-state index in [-0.39, 0.29) is 17.7 Å². The molecule has 3 nitrogen and oxygen atoms in total. The second kappa shape index (κ2) is 4.78. The van der Waals surface area contributed by atoms with Gasteiger partial charge in [-0.2, -0.15) is 0 Å². The third-order valence-corrected chi connectivity index (χ3v) is 5.31. The molecular weight excluding hydrogens is 234 g/mol. The second-order valence-electron chi connectivity index (χ2n) is 4.70.